The Bertz CT molecular complexity index is 881. The summed E-state index contributed by atoms with van der Waals surface area (Å²) in [4.78, 5) is 38.7. The van der Waals surface area contributed by atoms with Gasteiger partial charge in [0.15, 0.2) is 0 Å². The van der Waals surface area contributed by atoms with Crippen LogP contribution in [0, 0.1) is 5.92 Å². The summed E-state index contributed by atoms with van der Waals surface area (Å²) in [5, 5.41) is 3.10. The number of hydrogen-bond acceptors (Lipinski definition) is 3. The summed E-state index contributed by atoms with van der Waals surface area (Å²) < 4.78 is 1.42. The average molecular weight is 329 g/mol. The van der Waals surface area contributed by atoms with Gasteiger partial charge in [-0.2, -0.15) is 0 Å². The standard InChI is InChI=1S/C18H23N3O3/c1-3-21-15-9-8-12(10-14(15)20-17(23)18(21)24)16(22)19-13-7-5-4-6-11(13)2/h8-11,13H,3-7H2,1-2H3,(H,19,22)(H,20,23)/t11-,13+/m0/s1. The van der Waals surface area contributed by atoms with Crippen molar-refractivity contribution in [3.63, 3.8) is 0 Å². The van der Waals surface area contributed by atoms with Gasteiger partial charge < -0.3 is 14.9 Å². The van der Waals surface area contributed by atoms with E-state index >= 15 is 0 Å². The Morgan fingerprint density at radius 2 is 2.04 bits per heavy atom. The molecule has 2 N–H and O–H groups in total. The first kappa shape index (κ1) is 16.5. The van der Waals surface area contributed by atoms with E-state index in [0.29, 0.717) is 29.1 Å². The molecule has 2 atom stereocenters. The van der Waals surface area contributed by atoms with Gasteiger partial charge in [-0.25, -0.2) is 0 Å². The number of nitrogens with zero attached hydrogens (tertiary/aromatic N) is 1. The van der Waals surface area contributed by atoms with Crippen molar-refractivity contribution < 1.29 is 4.79 Å². The summed E-state index contributed by atoms with van der Waals surface area (Å²) in [5.41, 5.74) is 0.397. The lowest BCUT2D eigenvalue weighted by Crippen LogP contribution is -2.41. The molecule has 1 amide bonds. The summed E-state index contributed by atoms with van der Waals surface area (Å²) in [7, 11) is 0. The Morgan fingerprint density at radius 1 is 1.29 bits per heavy atom. The Balaban J connectivity index is 1.93. The lowest BCUT2D eigenvalue weighted by molar-refractivity contribution is 0.0910. The van der Waals surface area contributed by atoms with E-state index in [1.807, 2.05) is 6.92 Å². The highest BCUT2D eigenvalue weighted by Crippen LogP contribution is 2.24. The van der Waals surface area contributed by atoms with Crippen molar-refractivity contribution in [3.05, 3.63) is 44.5 Å². The molecule has 0 spiro atoms. The fraction of sp³-hybridized carbons (Fsp3) is 0.500. The molecule has 1 aliphatic carbocycles. The number of rotatable bonds is 3. The molecule has 0 unspecified atom stereocenters. The molecule has 0 saturated heterocycles. The number of carbonyl (C=O) groups is 1. The molecule has 3 rings (SSSR count). The molecule has 1 heterocycles. The van der Waals surface area contributed by atoms with Gasteiger partial charge in [-0.15, -0.1) is 0 Å². The SMILES string of the molecule is CCn1c(=O)c(=O)[nH]c2cc(C(=O)N[C@@H]3CCCC[C@@H]3C)ccc21. The van der Waals surface area contributed by atoms with E-state index in [4.69, 9.17) is 0 Å². The van der Waals surface area contributed by atoms with Crippen molar-refractivity contribution in [2.75, 3.05) is 0 Å². The van der Waals surface area contributed by atoms with Gasteiger partial charge in [-0.1, -0.05) is 19.8 Å². The molecular weight excluding hydrogens is 306 g/mol. The van der Waals surface area contributed by atoms with Gasteiger partial charge in [0.25, 0.3) is 5.91 Å². The third-order valence-corrected chi connectivity index (χ3v) is 4.98. The minimum absolute atomic E-state index is 0.134. The third kappa shape index (κ3) is 3.00. The number of H-pyrrole nitrogens is 1. The summed E-state index contributed by atoms with van der Waals surface area (Å²) in [6, 6.07) is 5.26. The fourth-order valence-electron chi connectivity index (χ4n) is 3.52. The van der Waals surface area contributed by atoms with E-state index in [-0.39, 0.29) is 11.9 Å². The van der Waals surface area contributed by atoms with Crippen molar-refractivity contribution in [1.29, 1.82) is 0 Å². The van der Waals surface area contributed by atoms with Crippen molar-refractivity contribution in [2.24, 2.45) is 5.92 Å². The van der Waals surface area contributed by atoms with Crippen LogP contribution >= 0.6 is 0 Å². The van der Waals surface area contributed by atoms with Gasteiger partial charge in [-0.05, 0) is 43.9 Å². The molecular formula is C18H23N3O3. The number of hydrogen-bond donors (Lipinski definition) is 2. The highest BCUT2D eigenvalue weighted by Gasteiger charge is 2.23. The number of amides is 1. The topological polar surface area (TPSA) is 84.0 Å². The molecule has 1 fully saturated rings. The van der Waals surface area contributed by atoms with Crippen molar-refractivity contribution in [1.82, 2.24) is 14.9 Å². The first-order chi connectivity index (χ1) is 11.5. The Morgan fingerprint density at radius 3 is 2.75 bits per heavy atom. The van der Waals surface area contributed by atoms with Crippen LogP contribution in [0.25, 0.3) is 11.0 Å². The van der Waals surface area contributed by atoms with Crippen molar-refractivity contribution >= 4 is 16.9 Å². The third-order valence-electron chi connectivity index (χ3n) is 4.98. The molecule has 1 aromatic heterocycles. The minimum Gasteiger partial charge on any atom is -0.349 e. The number of fused-ring (bicyclic) bond motifs is 1. The Labute approximate surface area is 139 Å². The van der Waals surface area contributed by atoms with Crippen LogP contribution < -0.4 is 16.4 Å². The van der Waals surface area contributed by atoms with Crippen LogP contribution in [0.5, 0.6) is 0 Å². The van der Waals surface area contributed by atoms with E-state index in [1.54, 1.807) is 18.2 Å². The average Bonchev–Trinajstić information content (AvgIpc) is 2.57. The highest BCUT2D eigenvalue weighted by atomic mass is 16.2. The molecule has 1 aromatic carbocycles. The Hall–Kier alpha value is -2.37. The predicted molar refractivity (Wildman–Crippen MR) is 93.4 cm³/mol. The second kappa shape index (κ2) is 6.63. The quantitative estimate of drug-likeness (QED) is 0.845. The highest BCUT2D eigenvalue weighted by molar-refractivity contribution is 5.97. The van der Waals surface area contributed by atoms with Crippen LogP contribution in [0.4, 0.5) is 0 Å². The second-order valence-corrected chi connectivity index (χ2v) is 6.58. The maximum absolute atomic E-state index is 12.5. The maximum atomic E-state index is 12.5. The predicted octanol–water partition coefficient (Wildman–Crippen LogP) is 2.02. The number of carbonyl (C=O) groups excluding carboxylic acids is 1. The van der Waals surface area contributed by atoms with Crippen LogP contribution in [-0.2, 0) is 6.54 Å². The lowest BCUT2D eigenvalue weighted by atomic mass is 9.86. The molecule has 6 nitrogen and oxygen atoms in total. The number of nitrogens with one attached hydrogen (secondary N) is 2. The van der Waals surface area contributed by atoms with Crippen molar-refractivity contribution in [3.8, 4) is 0 Å². The zero-order valence-corrected chi connectivity index (χ0v) is 14.1. The smallest absolute Gasteiger partial charge is 0.316 e. The van der Waals surface area contributed by atoms with E-state index in [9.17, 15) is 14.4 Å². The molecule has 128 valence electrons. The number of benzene rings is 1. The van der Waals surface area contributed by atoms with Gasteiger partial charge in [0, 0.05) is 18.2 Å². The fourth-order valence-corrected chi connectivity index (χ4v) is 3.52. The van der Waals surface area contributed by atoms with E-state index in [0.717, 1.165) is 19.3 Å². The van der Waals surface area contributed by atoms with Gasteiger partial charge in [0.05, 0.1) is 11.0 Å². The Kier molecular flexibility index (Phi) is 4.55. The lowest BCUT2D eigenvalue weighted by Gasteiger charge is -2.29. The summed E-state index contributed by atoms with van der Waals surface area (Å²) >= 11 is 0. The minimum atomic E-state index is -0.664. The van der Waals surface area contributed by atoms with Gasteiger partial charge in [0.2, 0.25) is 0 Å². The first-order valence-electron chi connectivity index (χ1n) is 8.59. The molecule has 1 aliphatic rings. The van der Waals surface area contributed by atoms with Crippen LogP contribution in [0.1, 0.15) is 49.9 Å². The largest absolute Gasteiger partial charge is 0.349 e. The van der Waals surface area contributed by atoms with Crippen LogP contribution in [-0.4, -0.2) is 21.5 Å². The summed E-state index contributed by atoms with van der Waals surface area (Å²) in [5.74, 6) is 0.346. The maximum Gasteiger partial charge on any atom is 0.316 e. The zero-order valence-electron chi connectivity index (χ0n) is 14.1. The van der Waals surface area contributed by atoms with Gasteiger partial charge in [-0.3, -0.25) is 14.4 Å². The van der Waals surface area contributed by atoms with Crippen molar-refractivity contribution in [2.45, 2.75) is 52.1 Å². The number of aryl methyl sites for hydroxylation is 1. The molecule has 24 heavy (non-hydrogen) atoms. The van der Waals surface area contributed by atoms with Crippen LogP contribution in [0.15, 0.2) is 27.8 Å². The molecule has 6 heteroatoms. The molecule has 0 aliphatic heterocycles. The zero-order chi connectivity index (χ0) is 17.3. The first-order valence-corrected chi connectivity index (χ1v) is 8.59. The summed E-state index contributed by atoms with van der Waals surface area (Å²) in [6.07, 6.45) is 4.51. The molecule has 0 radical (unpaired) electrons. The van der Waals surface area contributed by atoms with Crippen LogP contribution in [0.3, 0.4) is 0 Å². The van der Waals surface area contributed by atoms with E-state index in [1.165, 1.54) is 11.0 Å². The van der Waals surface area contributed by atoms with E-state index in [2.05, 4.69) is 17.2 Å². The van der Waals surface area contributed by atoms with Crippen LogP contribution in [0.2, 0.25) is 0 Å². The number of aromatic amines is 1. The van der Waals surface area contributed by atoms with E-state index < -0.39 is 11.1 Å². The molecule has 2 aromatic rings. The van der Waals surface area contributed by atoms with Gasteiger partial charge >= 0.3 is 11.1 Å². The summed E-state index contributed by atoms with van der Waals surface area (Å²) in [6.45, 7) is 4.39. The number of aromatic nitrogens is 2. The molecule has 1 saturated carbocycles. The normalized spacial score (nSPS) is 20.9. The van der Waals surface area contributed by atoms with Gasteiger partial charge in [0.1, 0.15) is 0 Å². The monoisotopic (exact) mass is 329 g/mol. The molecule has 0 bridgehead atoms. The second-order valence-electron chi connectivity index (χ2n) is 6.58.